The van der Waals surface area contributed by atoms with Gasteiger partial charge < -0.3 is 4.90 Å². The highest BCUT2D eigenvalue weighted by Crippen LogP contribution is 2.48. The van der Waals surface area contributed by atoms with Crippen LogP contribution in [0.1, 0.15) is 37.7 Å². The number of amides is 1. The van der Waals surface area contributed by atoms with Gasteiger partial charge in [0.1, 0.15) is 0 Å². The molecule has 0 radical (unpaired) electrons. The zero-order chi connectivity index (χ0) is 18.4. The van der Waals surface area contributed by atoms with E-state index in [1.165, 1.54) is 25.7 Å². The molecule has 2 heterocycles. The van der Waals surface area contributed by atoms with Crippen LogP contribution < -0.4 is 0 Å². The predicted molar refractivity (Wildman–Crippen MR) is 107 cm³/mol. The van der Waals surface area contributed by atoms with Crippen LogP contribution in [0.15, 0.2) is 42.7 Å². The average molecular weight is 381 g/mol. The zero-order valence-corrected chi connectivity index (χ0v) is 16.2. The SMILES string of the molecule is O=C1C(Cc2ccc(-c3cccnc3)cc2Cl)CCN1C1CC2CCC1C2. The van der Waals surface area contributed by atoms with Crippen LogP contribution in [0, 0.1) is 17.8 Å². The summed E-state index contributed by atoms with van der Waals surface area (Å²) in [6, 6.07) is 10.7. The van der Waals surface area contributed by atoms with E-state index >= 15 is 0 Å². The van der Waals surface area contributed by atoms with E-state index in [2.05, 4.69) is 22.0 Å². The number of rotatable bonds is 4. The lowest BCUT2D eigenvalue weighted by molar-refractivity contribution is -0.133. The lowest BCUT2D eigenvalue weighted by Gasteiger charge is -2.31. The lowest BCUT2D eigenvalue weighted by Crippen LogP contribution is -2.41. The molecule has 0 N–H and O–H groups in total. The Labute approximate surface area is 165 Å². The van der Waals surface area contributed by atoms with Crippen molar-refractivity contribution in [1.29, 1.82) is 0 Å². The van der Waals surface area contributed by atoms with Gasteiger partial charge in [-0.15, -0.1) is 0 Å². The predicted octanol–water partition coefficient (Wildman–Crippen LogP) is 4.98. The van der Waals surface area contributed by atoms with Crippen LogP contribution in [-0.2, 0) is 11.2 Å². The van der Waals surface area contributed by atoms with E-state index in [4.69, 9.17) is 11.6 Å². The molecule has 1 amide bonds. The number of benzene rings is 1. The number of hydrogen-bond acceptors (Lipinski definition) is 2. The Morgan fingerprint density at radius 1 is 1.11 bits per heavy atom. The van der Waals surface area contributed by atoms with Crippen molar-refractivity contribution >= 4 is 17.5 Å². The molecule has 1 aliphatic heterocycles. The maximum Gasteiger partial charge on any atom is 0.226 e. The molecule has 3 nitrogen and oxygen atoms in total. The number of likely N-dealkylation sites (tertiary alicyclic amines) is 1. The first-order valence-corrected chi connectivity index (χ1v) is 10.6. The van der Waals surface area contributed by atoms with E-state index in [0.717, 1.165) is 52.9 Å². The van der Waals surface area contributed by atoms with Crippen molar-refractivity contribution in [2.24, 2.45) is 17.8 Å². The topological polar surface area (TPSA) is 33.2 Å². The third-order valence-electron chi connectivity index (χ3n) is 6.97. The van der Waals surface area contributed by atoms with Crippen LogP contribution >= 0.6 is 11.6 Å². The third kappa shape index (κ3) is 3.16. The smallest absolute Gasteiger partial charge is 0.226 e. The number of nitrogens with zero attached hydrogens (tertiary/aromatic N) is 2. The normalized spacial score (nSPS) is 29.7. The summed E-state index contributed by atoms with van der Waals surface area (Å²) >= 11 is 6.58. The van der Waals surface area contributed by atoms with Crippen LogP contribution in [0.3, 0.4) is 0 Å². The highest BCUT2D eigenvalue weighted by Gasteiger charge is 2.46. The Hall–Kier alpha value is -1.87. The Balaban J connectivity index is 1.29. The quantitative estimate of drug-likeness (QED) is 0.749. The molecule has 140 valence electrons. The molecule has 5 rings (SSSR count). The Kier molecular flexibility index (Phi) is 4.43. The first-order chi connectivity index (χ1) is 13.2. The monoisotopic (exact) mass is 380 g/mol. The third-order valence-corrected chi connectivity index (χ3v) is 7.32. The molecule has 1 saturated heterocycles. The van der Waals surface area contributed by atoms with E-state index in [1.54, 1.807) is 6.20 Å². The van der Waals surface area contributed by atoms with Crippen LogP contribution in [-0.4, -0.2) is 28.4 Å². The second-order valence-electron chi connectivity index (χ2n) is 8.51. The summed E-state index contributed by atoms with van der Waals surface area (Å²) in [5.41, 5.74) is 3.21. The minimum Gasteiger partial charge on any atom is -0.339 e. The minimum absolute atomic E-state index is 0.0888. The summed E-state index contributed by atoms with van der Waals surface area (Å²) in [4.78, 5) is 19.4. The Morgan fingerprint density at radius 3 is 2.74 bits per heavy atom. The van der Waals surface area contributed by atoms with Gasteiger partial charge in [-0.25, -0.2) is 0 Å². The van der Waals surface area contributed by atoms with Gasteiger partial charge in [-0.1, -0.05) is 36.2 Å². The first kappa shape index (κ1) is 17.2. The van der Waals surface area contributed by atoms with Crippen LogP contribution in [0.25, 0.3) is 11.1 Å². The maximum atomic E-state index is 13.0. The first-order valence-electron chi connectivity index (χ1n) is 10.2. The average Bonchev–Trinajstić information content (AvgIpc) is 3.40. The maximum absolute atomic E-state index is 13.0. The number of fused-ring (bicyclic) bond motifs is 2. The summed E-state index contributed by atoms with van der Waals surface area (Å²) < 4.78 is 0. The molecule has 1 aromatic carbocycles. The van der Waals surface area contributed by atoms with Gasteiger partial charge in [-0.3, -0.25) is 9.78 Å². The summed E-state index contributed by atoms with van der Waals surface area (Å²) in [5, 5.41) is 0.752. The van der Waals surface area contributed by atoms with Crippen molar-refractivity contribution in [3.63, 3.8) is 0 Å². The van der Waals surface area contributed by atoms with Crippen molar-refractivity contribution in [1.82, 2.24) is 9.88 Å². The van der Waals surface area contributed by atoms with Crippen molar-refractivity contribution < 1.29 is 4.79 Å². The van der Waals surface area contributed by atoms with Gasteiger partial charge in [0.05, 0.1) is 0 Å². The summed E-state index contributed by atoms with van der Waals surface area (Å²) in [7, 11) is 0. The minimum atomic E-state index is 0.0888. The molecule has 0 spiro atoms. The highest BCUT2D eigenvalue weighted by molar-refractivity contribution is 6.31. The van der Waals surface area contributed by atoms with Gasteiger partial charge in [0.25, 0.3) is 0 Å². The van der Waals surface area contributed by atoms with Crippen molar-refractivity contribution in [3.05, 3.63) is 53.3 Å². The standard InChI is InChI=1S/C23H25ClN2O/c24-21-13-16(20-2-1-8-25-14-20)5-6-17(21)12-19-7-9-26(23(19)27)22-11-15-3-4-18(22)10-15/h1-2,5-6,8,13-15,18-19,22H,3-4,7,9-12H2. The van der Waals surface area contributed by atoms with Gasteiger partial charge in [-0.05, 0) is 67.2 Å². The van der Waals surface area contributed by atoms with Crippen LogP contribution in [0.2, 0.25) is 5.02 Å². The zero-order valence-electron chi connectivity index (χ0n) is 15.5. The number of halogens is 1. The summed E-state index contributed by atoms with van der Waals surface area (Å²) in [5.74, 6) is 2.09. The molecule has 1 aromatic heterocycles. The highest BCUT2D eigenvalue weighted by atomic mass is 35.5. The number of aromatic nitrogens is 1. The second-order valence-corrected chi connectivity index (χ2v) is 8.92. The lowest BCUT2D eigenvalue weighted by atomic mass is 9.93. The Morgan fingerprint density at radius 2 is 2.04 bits per heavy atom. The largest absolute Gasteiger partial charge is 0.339 e. The molecule has 2 bridgehead atoms. The van der Waals surface area contributed by atoms with Crippen molar-refractivity contribution in [3.8, 4) is 11.1 Å². The van der Waals surface area contributed by atoms with Crippen LogP contribution in [0.4, 0.5) is 0 Å². The molecule has 2 saturated carbocycles. The van der Waals surface area contributed by atoms with Gasteiger partial charge >= 0.3 is 0 Å². The molecule has 4 atom stereocenters. The van der Waals surface area contributed by atoms with Gasteiger partial charge in [0.2, 0.25) is 5.91 Å². The van der Waals surface area contributed by atoms with E-state index in [0.29, 0.717) is 11.9 Å². The van der Waals surface area contributed by atoms with E-state index < -0.39 is 0 Å². The molecular weight excluding hydrogens is 356 g/mol. The van der Waals surface area contributed by atoms with Gasteiger partial charge in [0, 0.05) is 41.5 Å². The second kappa shape index (κ2) is 6.94. The summed E-state index contributed by atoms with van der Waals surface area (Å²) in [6.45, 7) is 0.933. The molecule has 27 heavy (non-hydrogen) atoms. The molecule has 3 aliphatic rings. The summed E-state index contributed by atoms with van der Waals surface area (Å²) in [6.07, 6.45) is 10.6. The number of hydrogen-bond donors (Lipinski definition) is 0. The van der Waals surface area contributed by atoms with Crippen LogP contribution in [0.5, 0.6) is 0 Å². The molecule has 2 aliphatic carbocycles. The molecular formula is C23H25ClN2O. The Bertz CT molecular complexity index is 853. The fourth-order valence-corrected chi connectivity index (χ4v) is 5.82. The molecule has 2 aromatic rings. The van der Waals surface area contributed by atoms with E-state index in [1.807, 2.05) is 24.4 Å². The van der Waals surface area contributed by atoms with Gasteiger partial charge in [-0.2, -0.15) is 0 Å². The fourth-order valence-electron chi connectivity index (χ4n) is 5.57. The number of carbonyl (C=O) groups excluding carboxylic acids is 1. The molecule has 3 fully saturated rings. The van der Waals surface area contributed by atoms with Gasteiger partial charge in [0.15, 0.2) is 0 Å². The number of pyridine rings is 1. The fraction of sp³-hybridized carbons (Fsp3) is 0.478. The van der Waals surface area contributed by atoms with Crippen molar-refractivity contribution in [2.45, 2.75) is 44.6 Å². The molecule has 4 unspecified atom stereocenters. The molecule has 4 heteroatoms. The van der Waals surface area contributed by atoms with E-state index in [-0.39, 0.29) is 5.92 Å². The van der Waals surface area contributed by atoms with Crippen molar-refractivity contribution in [2.75, 3.05) is 6.54 Å². The van der Waals surface area contributed by atoms with E-state index in [9.17, 15) is 4.79 Å². The number of carbonyl (C=O) groups is 1.